The Labute approximate surface area is 123 Å². The topological polar surface area (TPSA) is 24.5 Å². The van der Waals surface area contributed by atoms with Gasteiger partial charge in [-0.1, -0.05) is 32.0 Å². The maximum atomic E-state index is 5.72. The fraction of sp³-hybridized carbons (Fsp3) is 0.647. The van der Waals surface area contributed by atoms with Crippen molar-refractivity contribution in [3.8, 4) is 0 Å². The molecule has 3 atom stereocenters. The molecule has 1 aliphatic heterocycles. The molecule has 112 valence electrons. The molecule has 3 unspecified atom stereocenters. The molecule has 1 heterocycles. The van der Waals surface area contributed by atoms with E-state index in [0.717, 1.165) is 26.0 Å². The van der Waals surface area contributed by atoms with E-state index in [0.29, 0.717) is 18.2 Å². The van der Waals surface area contributed by atoms with Crippen LogP contribution >= 0.6 is 0 Å². The van der Waals surface area contributed by atoms with Crippen molar-refractivity contribution in [1.29, 1.82) is 0 Å². The van der Waals surface area contributed by atoms with Crippen LogP contribution in [0.3, 0.4) is 0 Å². The lowest BCUT2D eigenvalue weighted by Gasteiger charge is -2.32. The number of hydrogen-bond acceptors (Lipinski definition) is 3. The van der Waals surface area contributed by atoms with E-state index < -0.39 is 0 Å². The van der Waals surface area contributed by atoms with E-state index in [2.05, 4.69) is 62.3 Å². The molecular weight excluding hydrogens is 248 g/mol. The molecule has 0 aromatic heterocycles. The summed E-state index contributed by atoms with van der Waals surface area (Å²) in [4.78, 5) is 2.41. The fourth-order valence-electron chi connectivity index (χ4n) is 3.23. The van der Waals surface area contributed by atoms with Crippen LogP contribution in [0.15, 0.2) is 24.3 Å². The standard InChI is InChI=1S/C17H28N2O/c1-5-15(18-6-2)14-9-7-8-10-17(14)19(4)16-11-12-20-13(16)3/h7-10,13,15-16,18H,5-6,11-12H2,1-4H3. The van der Waals surface area contributed by atoms with E-state index in [-0.39, 0.29) is 0 Å². The molecule has 1 saturated heterocycles. The smallest absolute Gasteiger partial charge is 0.0750 e. The molecule has 0 amide bonds. The summed E-state index contributed by atoms with van der Waals surface area (Å²) < 4.78 is 5.72. The molecular formula is C17H28N2O. The van der Waals surface area contributed by atoms with E-state index in [1.807, 2.05) is 0 Å². The summed E-state index contributed by atoms with van der Waals surface area (Å²) in [5.74, 6) is 0. The first-order chi connectivity index (χ1) is 9.69. The van der Waals surface area contributed by atoms with Gasteiger partial charge in [0.1, 0.15) is 0 Å². The van der Waals surface area contributed by atoms with Crippen LogP contribution in [0.2, 0.25) is 0 Å². The number of anilines is 1. The van der Waals surface area contributed by atoms with E-state index in [9.17, 15) is 0 Å². The van der Waals surface area contributed by atoms with Gasteiger partial charge in [-0.15, -0.1) is 0 Å². The second-order valence-electron chi connectivity index (χ2n) is 5.62. The first-order valence-electron chi connectivity index (χ1n) is 7.85. The number of nitrogens with one attached hydrogen (secondary N) is 1. The Bertz CT molecular complexity index is 421. The van der Waals surface area contributed by atoms with Crippen LogP contribution in [-0.4, -0.2) is 32.3 Å². The summed E-state index contributed by atoms with van der Waals surface area (Å²) >= 11 is 0. The maximum absolute atomic E-state index is 5.72. The van der Waals surface area contributed by atoms with Gasteiger partial charge in [0.15, 0.2) is 0 Å². The number of para-hydroxylation sites is 1. The third-order valence-electron chi connectivity index (χ3n) is 4.38. The van der Waals surface area contributed by atoms with Crippen molar-refractivity contribution in [2.24, 2.45) is 0 Å². The zero-order chi connectivity index (χ0) is 14.5. The van der Waals surface area contributed by atoms with Gasteiger partial charge >= 0.3 is 0 Å². The van der Waals surface area contributed by atoms with Crippen molar-refractivity contribution in [2.45, 2.75) is 51.8 Å². The van der Waals surface area contributed by atoms with Crippen molar-refractivity contribution >= 4 is 5.69 Å². The summed E-state index contributed by atoms with van der Waals surface area (Å²) in [5, 5.41) is 3.59. The highest BCUT2D eigenvalue weighted by atomic mass is 16.5. The van der Waals surface area contributed by atoms with Crippen molar-refractivity contribution in [3.05, 3.63) is 29.8 Å². The third-order valence-corrected chi connectivity index (χ3v) is 4.38. The quantitative estimate of drug-likeness (QED) is 0.862. The summed E-state index contributed by atoms with van der Waals surface area (Å²) in [6.45, 7) is 8.47. The SMILES string of the molecule is CCNC(CC)c1ccccc1N(C)C1CCOC1C. The van der Waals surface area contributed by atoms with Crippen LogP contribution in [0.4, 0.5) is 5.69 Å². The van der Waals surface area contributed by atoms with Gasteiger partial charge in [-0.25, -0.2) is 0 Å². The van der Waals surface area contributed by atoms with Crippen molar-refractivity contribution in [3.63, 3.8) is 0 Å². The largest absolute Gasteiger partial charge is 0.376 e. The first-order valence-corrected chi connectivity index (χ1v) is 7.85. The zero-order valence-corrected chi connectivity index (χ0v) is 13.2. The molecule has 2 rings (SSSR count). The number of benzene rings is 1. The molecule has 1 aromatic rings. The van der Waals surface area contributed by atoms with Crippen LogP contribution in [0, 0.1) is 0 Å². The van der Waals surface area contributed by atoms with Gasteiger partial charge in [0.25, 0.3) is 0 Å². The molecule has 0 bridgehead atoms. The predicted molar refractivity (Wildman–Crippen MR) is 85.4 cm³/mol. The fourth-order valence-corrected chi connectivity index (χ4v) is 3.23. The van der Waals surface area contributed by atoms with Gasteiger partial charge in [0, 0.05) is 25.4 Å². The van der Waals surface area contributed by atoms with Crippen molar-refractivity contribution in [1.82, 2.24) is 5.32 Å². The lowest BCUT2D eigenvalue weighted by Crippen LogP contribution is -2.38. The molecule has 1 aliphatic rings. The highest BCUT2D eigenvalue weighted by Crippen LogP contribution is 2.31. The van der Waals surface area contributed by atoms with Crippen LogP contribution in [-0.2, 0) is 4.74 Å². The van der Waals surface area contributed by atoms with E-state index in [4.69, 9.17) is 4.74 Å². The molecule has 1 N–H and O–H groups in total. The number of hydrogen-bond donors (Lipinski definition) is 1. The Kier molecular flexibility index (Phi) is 5.44. The number of rotatable bonds is 6. The van der Waals surface area contributed by atoms with Crippen LogP contribution in [0.5, 0.6) is 0 Å². The van der Waals surface area contributed by atoms with Crippen LogP contribution in [0.25, 0.3) is 0 Å². The molecule has 3 nitrogen and oxygen atoms in total. The maximum Gasteiger partial charge on any atom is 0.0750 e. The molecule has 3 heteroatoms. The minimum absolute atomic E-state index is 0.312. The van der Waals surface area contributed by atoms with Gasteiger partial charge in [-0.3, -0.25) is 0 Å². The normalized spacial score (nSPS) is 23.8. The third kappa shape index (κ3) is 3.15. The molecule has 0 aliphatic carbocycles. The van der Waals surface area contributed by atoms with Crippen LogP contribution < -0.4 is 10.2 Å². The molecule has 0 radical (unpaired) electrons. The summed E-state index contributed by atoms with van der Waals surface area (Å²) in [6.07, 6.45) is 2.53. The Morgan fingerprint density at radius 2 is 2.10 bits per heavy atom. The number of nitrogens with zero attached hydrogens (tertiary/aromatic N) is 1. The molecule has 1 fully saturated rings. The first kappa shape index (κ1) is 15.3. The number of ether oxygens (including phenoxy) is 1. The summed E-state index contributed by atoms with van der Waals surface area (Å²) in [6, 6.07) is 9.67. The lowest BCUT2D eigenvalue weighted by atomic mass is 10.00. The summed E-state index contributed by atoms with van der Waals surface area (Å²) in [5.41, 5.74) is 2.74. The number of likely N-dealkylation sites (N-methyl/N-ethyl adjacent to an activating group) is 1. The predicted octanol–water partition coefficient (Wildman–Crippen LogP) is 3.36. The van der Waals surface area contributed by atoms with E-state index in [1.165, 1.54) is 11.3 Å². The van der Waals surface area contributed by atoms with Gasteiger partial charge in [-0.2, -0.15) is 0 Å². The second kappa shape index (κ2) is 7.09. The lowest BCUT2D eigenvalue weighted by molar-refractivity contribution is 0.118. The Balaban J connectivity index is 2.26. The zero-order valence-electron chi connectivity index (χ0n) is 13.2. The van der Waals surface area contributed by atoms with Crippen molar-refractivity contribution in [2.75, 3.05) is 25.1 Å². The molecule has 20 heavy (non-hydrogen) atoms. The van der Waals surface area contributed by atoms with E-state index in [1.54, 1.807) is 0 Å². The minimum atomic E-state index is 0.312. The highest BCUT2D eigenvalue weighted by molar-refractivity contribution is 5.55. The van der Waals surface area contributed by atoms with Crippen molar-refractivity contribution < 1.29 is 4.74 Å². The molecule has 0 saturated carbocycles. The Hall–Kier alpha value is -1.06. The van der Waals surface area contributed by atoms with E-state index >= 15 is 0 Å². The molecule has 1 aromatic carbocycles. The Morgan fingerprint density at radius 1 is 1.35 bits per heavy atom. The second-order valence-corrected chi connectivity index (χ2v) is 5.62. The minimum Gasteiger partial charge on any atom is -0.376 e. The summed E-state index contributed by atoms with van der Waals surface area (Å²) in [7, 11) is 2.20. The van der Waals surface area contributed by atoms with Gasteiger partial charge in [0.05, 0.1) is 12.1 Å². The monoisotopic (exact) mass is 276 g/mol. The van der Waals surface area contributed by atoms with Gasteiger partial charge in [0.2, 0.25) is 0 Å². The molecule has 0 spiro atoms. The Morgan fingerprint density at radius 3 is 2.70 bits per heavy atom. The van der Waals surface area contributed by atoms with Gasteiger partial charge in [-0.05, 0) is 37.9 Å². The average Bonchev–Trinajstić information content (AvgIpc) is 2.90. The van der Waals surface area contributed by atoms with Crippen LogP contribution in [0.1, 0.15) is 45.2 Å². The van der Waals surface area contributed by atoms with Gasteiger partial charge < -0.3 is 15.0 Å². The average molecular weight is 276 g/mol. The highest BCUT2D eigenvalue weighted by Gasteiger charge is 2.29.